The first-order valence-electron chi connectivity index (χ1n) is 12.2. The number of amides is 1. The largest absolute Gasteiger partial charge is 0.483 e. The van der Waals surface area contributed by atoms with Crippen LogP contribution in [0.1, 0.15) is 46.6 Å². The number of carbonyl (C=O) groups is 2. The first kappa shape index (κ1) is 27.4. The lowest BCUT2D eigenvalue weighted by molar-refractivity contribution is -0.113. The summed E-state index contributed by atoms with van der Waals surface area (Å²) in [6, 6.07) is 17.6. The maximum Gasteiger partial charge on any atom is 0.341 e. The van der Waals surface area contributed by atoms with E-state index in [-0.39, 0.29) is 17.8 Å². The topological polar surface area (TPSA) is 95.3 Å². The van der Waals surface area contributed by atoms with Crippen molar-refractivity contribution in [3.63, 3.8) is 0 Å². The summed E-state index contributed by atoms with van der Waals surface area (Å²) >= 11 is 2.61. The van der Waals surface area contributed by atoms with Crippen molar-refractivity contribution >= 4 is 40.0 Å². The minimum absolute atomic E-state index is 0.0952. The number of thioether (sulfide) groups is 1. The summed E-state index contributed by atoms with van der Waals surface area (Å²) in [6.07, 6.45) is 0.647. The van der Waals surface area contributed by atoms with Gasteiger partial charge in [0.25, 0.3) is 0 Å². The molecule has 198 valence electrons. The van der Waals surface area contributed by atoms with Crippen molar-refractivity contribution in [2.45, 2.75) is 38.5 Å². The highest BCUT2D eigenvalue weighted by Crippen LogP contribution is 2.40. The van der Waals surface area contributed by atoms with Crippen LogP contribution in [0.5, 0.6) is 5.75 Å². The fraction of sp³-hybridized carbons (Fsp3) is 0.286. The van der Waals surface area contributed by atoms with Crippen LogP contribution >= 0.6 is 23.1 Å². The molecule has 0 aliphatic heterocycles. The van der Waals surface area contributed by atoms with Gasteiger partial charge in [-0.25, -0.2) is 4.79 Å². The van der Waals surface area contributed by atoms with E-state index in [0.717, 1.165) is 28.2 Å². The molecule has 0 aliphatic carbocycles. The Kier molecular flexibility index (Phi) is 8.85. The number of esters is 1. The van der Waals surface area contributed by atoms with Crippen molar-refractivity contribution < 1.29 is 19.1 Å². The van der Waals surface area contributed by atoms with E-state index in [1.165, 1.54) is 35.8 Å². The van der Waals surface area contributed by atoms with Crippen LogP contribution in [0.25, 0.3) is 11.1 Å². The number of aryl methyl sites for hydroxylation is 2. The summed E-state index contributed by atoms with van der Waals surface area (Å²) < 4.78 is 12.9. The molecule has 0 radical (unpaired) electrons. The molecule has 4 aromatic rings. The van der Waals surface area contributed by atoms with Crippen LogP contribution in [0.4, 0.5) is 5.00 Å². The summed E-state index contributed by atoms with van der Waals surface area (Å²) in [5.41, 5.74) is 3.26. The molecule has 0 fully saturated rings. The summed E-state index contributed by atoms with van der Waals surface area (Å²) in [5, 5.41) is 12.5. The van der Waals surface area contributed by atoms with Crippen LogP contribution in [0.2, 0.25) is 0 Å². The molecule has 1 N–H and O–H groups in total. The van der Waals surface area contributed by atoms with Gasteiger partial charge >= 0.3 is 5.97 Å². The van der Waals surface area contributed by atoms with E-state index >= 15 is 0 Å². The second-order valence-corrected chi connectivity index (χ2v) is 10.8. The van der Waals surface area contributed by atoms with Gasteiger partial charge in [0.1, 0.15) is 16.3 Å². The van der Waals surface area contributed by atoms with Crippen molar-refractivity contribution in [1.29, 1.82) is 0 Å². The minimum Gasteiger partial charge on any atom is -0.483 e. The monoisotopic (exact) mass is 550 g/mol. The van der Waals surface area contributed by atoms with Crippen LogP contribution in [0.3, 0.4) is 0 Å². The molecule has 0 aliphatic rings. The molecule has 0 saturated heterocycles. The zero-order chi connectivity index (χ0) is 27.2. The van der Waals surface area contributed by atoms with Crippen LogP contribution in [0.15, 0.2) is 59.8 Å². The standard InChI is InChI=1S/C28H30N4O4S2/c1-6-19-12-14-21(15-13-19)36-17(2)25-30-31-28(32(25)4)37-16-22(33)29-26-24(27(34)35-5)23(18(3)38-26)20-10-8-7-9-11-20/h7-15,17H,6,16H2,1-5H3,(H,29,33). The predicted molar refractivity (Wildman–Crippen MR) is 151 cm³/mol. The van der Waals surface area contributed by atoms with Crippen LogP contribution in [0, 0.1) is 6.92 Å². The number of thiophene rings is 1. The first-order valence-corrected chi connectivity index (χ1v) is 14.0. The minimum atomic E-state index is -0.493. The van der Waals surface area contributed by atoms with E-state index in [4.69, 9.17) is 9.47 Å². The number of hydrogen-bond acceptors (Lipinski definition) is 8. The maximum absolute atomic E-state index is 12.9. The molecular formula is C28H30N4O4S2. The van der Waals surface area contributed by atoms with Crippen molar-refractivity contribution in [3.05, 3.63) is 76.4 Å². The predicted octanol–water partition coefficient (Wildman–Crippen LogP) is 6.07. The SMILES string of the molecule is CCc1ccc(OC(C)c2nnc(SCC(=O)Nc3sc(C)c(-c4ccccc4)c3C(=O)OC)n2C)cc1. The number of methoxy groups -OCH3 is 1. The first-order chi connectivity index (χ1) is 18.3. The summed E-state index contributed by atoms with van der Waals surface area (Å²) in [6.45, 7) is 5.95. The van der Waals surface area contributed by atoms with E-state index in [0.29, 0.717) is 21.5 Å². The summed E-state index contributed by atoms with van der Waals surface area (Å²) in [7, 11) is 3.18. The average molecular weight is 551 g/mol. The van der Waals surface area contributed by atoms with E-state index in [2.05, 4.69) is 22.4 Å². The number of rotatable bonds is 10. The lowest BCUT2D eigenvalue weighted by atomic mass is 10.0. The molecule has 10 heteroatoms. The molecule has 0 saturated carbocycles. The molecule has 2 heterocycles. The van der Waals surface area contributed by atoms with Crippen LogP contribution in [-0.4, -0.2) is 39.5 Å². The quantitative estimate of drug-likeness (QED) is 0.189. The molecule has 2 aromatic heterocycles. The average Bonchev–Trinajstić information content (AvgIpc) is 3.46. The number of anilines is 1. The Morgan fingerprint density at radius 3 is 2.47 bits per heavy atom. The van der Waals surface area contributed by atoms with E-state index in [1.807, 2.05) is 80.1 Å². The smallest absolute Gasteiger partial charge is 0.341 e. The van der Waals surface area contributed by atoms with Crippen molar-refractivity contribution in [1.82, 2.24) is 14.8 Å². The van der Waals surface area contributed by atoms with Gasteiger partial charge in [-0.15, -0.1) is 21.5 Å². The Morgan fingerprint density at radius 2 is 1.82 bits per heavy atom. The van der Waals surface area contributed by atoms with Crippen molar-refractivity contribution in [2.75, 3.05) is 18.2 Å². The number of nitrogens with zero attached hydrogens (tertiary/aromatic N) is 3. The van der Waals surface area contributed by atoms with Gasteiger partial charge in [-0.05, 0) is 43.5 Å². The van der Waals surface area contributed by atoms with Gasteiger partial charge in [0, 0.05) is 17.5 Å². The molecule has 1 amide bonds. The lowest BCUT2D eigenvalue weighted by Crippen LogP contribution is -2.16. The molecular weight excluding hydrogens is 520 g/mol. The Hall–Kier alpha value is -3.63. The Labute approximate surface area is 230 Å². The van der Waals surface area contributed by atoms with Gasteiger partial charge in [0.15, 0.2) is 17.1 Å². The van der Waals surface area contributed by atoms with Gasteiger partial charge in [-0.2, -0.15) is 0 Å². The van der Waals surface area contributed by atoms with Crippen LogP contribution in [-0.2, 0) is 23.0 Å². The van der Waals surface area contributed by atoms with Crippen molar-refractivity contribution in [3.8, 4) is 16.9 Å². The van der Waals surface area contributed by atoms with E-state index in [9.17, 15) is 9.59 Å². The Balaban J connectivity index is 1.43. The van der Waals surface area contributed by atoms with Crippen LogP contribution < -0.4 is 10.1 Å². The normalized spacial score (nSPS) is 11.7. The Bertz CT molecular complexity index is 1410. The fourth-order valence-electron chi connectivity index (χ4n) is 4.04. The van der Waals surface area contributed by atoms with E-state index in [1.54, 1.807) is 0 Å². The maximum atomic E-state index is 12.9. The summed E-state index contributed by atoms with van der Waals surface area (Å²) in [5.74, 6) is 0.756. The molecule has 1 unspecified atom stereocenters. The molecule has 8 nitrogen and oxygen atoms in total. The third kappa shape index (κ3) is 6.08. The molecule has 2 aromatic carbocycles. The number of ether oxygens (including phenoxy) is 2. The third-order valence-corrected chi connectivity index (χ3v) is 8.04. The number of nitrogens with one attached hydrogen (secondary N) is 1. The number of hydrogen-bond donors (Lipinski definition) is 1. The van der Waals surface area contributed by atoms with Crippen molar-refractivity contribution in [2.24, 2.45) is 7.05 Å². The van der Waals surface area contributed by atoms with Gasteiger partial charge in [0.2, 0.25) is 5.91 Å². The molecule has 38 heavy (non-hydrogen) atoms. The highest BCUT2D eigenvalue weighted by Gasteiger charge is 2.25. The number of carbonyl (C=O) groups excluding carboxylic acids is 2. The molecule has 1 atom stereocenters. The zero-order valence-electron chi connectivity index (χ0n) is 22.0. The second kappa shape index (κ2) is 12.3. The molecule has 4 rings (SSSR count). The highest BCUT2D eigenvalue weighted by molar-refractivity contribution is 7.99. The summed E-state index contributed by atoms with van der Waals surface area (Å²) in [4.78, 5) is 26.5. The second-order valence-electron chi connectivity index (χ2n) is 8.59. The Morgan fingerprint density at radius 1 is 1.11 bits per heavy atom. The number of benzene rings is 2. The lowest BCUT2D eigenvalue weighted by Gasteiger charge is -2.14. The molecule has 0 spiro atoms. The van der Waals surface area contributed by atoms with Gasteiger partial charge in [0.05, 0.1) is 12.9 Å². The third-order valence-electron chi connectivity index (χ3n) is 6.00. The number of aromatic nitrogens is 3. The zero-order valence-corrected chi connectivity index (χ0v) is 23.6. The van der Waals surface area contributed by atoms with Gasteiger partial charge < -0.3 is 19.4 Å². The van der Waals surface area contributed by atoms with E-state index < -0.39 is 5.97 Å². The van der Waals surface area contributed by atoms with Gasteiger partial charge in [-0.1, -0.05) is 61.2 Å². The van der Waals surface area contributed by atoms with Gasteiger partial charge in [-0.3, -0.25) is 4.79 Å². The fourth-order valence-corrected chi connectivity index (χ4v) is 5.84. The molecule has 0 bridgehead atoms. The highest BCUT2D eigenvalue weighted by atomic mass is 32.2.